The molecule has 0 radical (unpaired) electrons. The molecule has 2 aliphatic rings. The van der Waals surface area contributed by atoms with Gasteiger partial charge in [-0.3, -0.25) is 4.79 Å². The Bertz CT molecular complexity index is 683. The lowest BCUT2D eigenvalue weighted by Crippen LogP contribution is -2.31. The van der Waals surface area contributed by atoms with Crippen LogP contribution in [0.5, 0.6) is 11.5 Å². The molecule has 0 bridgehead atoms. The minimum absolute atomic E-state index is 0.0400. The molecule has 0 saturated carbocycles. The summed E-state index contributed by atoms with van der Waals surface area (Å²) in [4.78, 5) is 16.2. The molecule has 1 unspecified atom stereocenters. The third-order valence-electron chi connectivity index (χ3n) is 4.18. The van der Waals surface area contributed by atoms with Crippen molar-refractivity contribution in [3.63, 3.8) is 0 Å². The fourth-order valence-corrected chi connectivity index (χ4v) is 4.06. The molecule has 3 heterocycles. The summed E-state index contributed by atoms with van der Waals surface area (Å²) >= 11 is 1.72. The quantitative estimate of drug-likeness (QED) is 0.851. The first-order chi connectivity index (χ1) is 10.8. The highest BCUT2D eigenvalue weighted by atomic mass is 32.1. The summed E-state index contributed by atoms with van der Waals surface area (Å²) in [5, 5.41) is 2.07. The molecule has 1 aromatic carbocycles. The van der Waals surface area contributed by atoms with Gasteiger partial charge >= 0.3 is 0 Å². The molecule has 0 spiro atoms. The SMILES string of the molecule is O=C(c1cccc2c1OCCO2)N1CCCC1c1cccs1. The largest absolute Gasteiger partial charge is 0.486 e. The van der Waals surface area contributed by atoms with Crippen LogP contribution in [0.2, 0.25) is 0 Å². The van der Waals surface area contributed by atoms with E-state index in [1.54, 1.807) is 11.3 Å². The average Bonchev–Trinajstić information content (AvgIpc) is 3.24. The molecule has 114 valence electrons. The van der Waals surface area contributed by atoms with E-state index in [-0.39, 0.29) is 11.9 Å². The van der Waals surface area contributed by atoms with Gasteiger partial charge < -0.3 is 14.4 Å². The third-order valence-corrected chi connectivity index (χ3v) is 5.16. The Hall–Kier alpha value is -2.01. The molecule has 2 aliphatic heterocycles. The summed E-state index contributed by atoms with van der Waals surface area (Å²) in [6.07, 6.45) is 2.07. The van der Waals surface area contributed by atoms with Gasteiger partial charge in [0.1, 0.15) is 13.2 Å². The minimum atomic E-state index is 0.0400. The Morgan fingerprint density at radius 2 is 2.09 bits per heavy atom. The number of para-hydroxylation sites is 1. The highest BCUT2D eigenvalue weighted by Gasteiger charge is 2.33. The molecule has 1 atom stereocenters. The lowest BCUT2D eigenvalue weighted by Gasteiger charge is -2.26. The van der Waals surface area contributed by atoms with Crippen molar-refractivity contribution in [3.8, 4) is 11.5 Å². The predicted octanol–water partition coefficient (Wildman–Crippen LogP) is 3.50. The van der Waals surface area contributed by atoms with Gasteiger partial charge in [0.15, 0.2) is 11.5 Å². The number of fused-ring (bicyclic) bond motifs is 1. The van der Waals surface area contributed by atoms with E-state index in [0.717, 1.165) is 19.4 Å². The zero-order valence-electron chi connectivity index (χ0n) is 12.2. The highest BCUT2D eigenvalue weighted by molar-refractivity contribution is 7.10. The number of benzene rings is 1. The number of hydrogen-bond donors (Lipinski definition) is 0. The van der Waals surface area contributed by atoms with E-state index in [2.05, 4.69) is 11.4 Å². The zero-order chi connectivity index (χ0) is 14.9. The van der Waals surface area contributed by atoms with Crippen LogP contribution in [-0.2, 0) is 0 Å². The second-order valence-electron chi connectivity index (χ2n) is 5.50. The normalized spacial score (nSPS) is 20.2. The van der Waals surface area contributed by atoms with Crippen molar-refractivity contribution in [1.82, 2.24) is 4.90 Å². The van der Waals surface area contributed by atoms with Gasteiger partial charge in [0.2, 0.25) is 0 Å². The maximum absolute atomic E-state index is 13.0. The number of likely N-dealkylation sites (tertiary alicyclic amines) is 1. The molecule has 0 N–H and O–H groups in total. The van der Waals surface area contributed by atoms with Gasteiger partial charge in [0.05, 0.1) is 11.6 Å². The molecule has 4 nitrogen and oxygen atoms in total. The number of hydrogen-bond acceptors (Lipinski definition) is 4. The summed E-state index contributed by atoms with van der Waals surface area (Å²) in [5.74, 6) is 1.30. The van der Waals surface area contributed by atoms with Crippen molar-refractivity contribution in [2.45, 2.75) is 18.9 Å². The Morgan fingerprint density at radius 1 is 1.18 bits per heavy atom. The second-order valence-corrected chi connectivity index (χ2v) is 6.48. The number of carbonyl (C=O) groups excluding carboxylic acids is 1. The lowest BCUT2D eigenvalue weighted by atomic mass is 10.1. The Kier molecular flexibility index (Phi) is 3.50. The zero-order valence-corrected chi connectivity index (χ0v) is 13.0. The standard InChI is InChI=1S/C17H17NO3S/c19-17(12-4-1-6-14-16(12)21-10-9-20-14)18-8-2-5-13(18)15-7-3-11-22-15/h1,3-4,6-7,11,13H,2,5,8-10H2. The smallest absolute Gasteiger partial charge is 0.258 e. The molecule has 4 rings (SSSR count). The number of ether oxygens (including phenoxy) is 2. The highest BCUT2D eigenvalue weighted by Crippen LogP contribution is 2.39. The first-order valence-corrected chi connectivity index (χ1v) is 8.45. The van der Waals surface area contributed by atoms with Gasteiger partial charge in [-0.1, -0.05) is 12.1 Å². The van der Waals surface area contributed by atoms with E-state index in [4.69, 9.17) is 9.47 Å². The van der Waals surface area contributed by atoms with E-state index in [9.17, 15) is 4.79 Å². The maximum atomic E-state index is 13.0. The van der Waals surface area contributed by atoms with Crippen LogP contribution in [0.3, 0.4) is 0 Å². The van der Waals surface area contributed by atoms with Crippen LogP contribution < -0.4 is 9.47 Å². The van der Waals surface area contributed by atoms with E-state index in [1.165, 1.54) is 4.88 Å². The number of rotatable bonds is 2. The van der Waals surface area contributed by atoms with Gasteiger partial charge in [-0.05, 0) is 36.4 Å². The summed E-state index contributed by atoms with van der Waals surface area (Å²) in [7, 11) is 0. The Balaban J connectivity index is 1.67. The van der Waals surface area contributed by atoms with Crippen LogP contribution in [0.25, 0.3) is 0 Å². The predicted molar refractivity (Wildman–Crippen MR) is 84.8 cm³/mol. The first-order valence-electron chi connectivity index (χ1n) is 7.57. The molecule has 1 amide bonds. The van der Waals surface area contributed by atoms with Crippen LogP contribution in [-0.4, -0.2) is 30.6 Å². The third kappa shape index (κ3) is 2.25. The molecule has 1 fully saturated rings. The molecule has 0 aliphatic carbocycles. The second kappa shape index (κ2) is 5.65. The lowest BCUT2D eigenvalue weighted by molar-refractivity contribution is 0.0727. The maximum Gasteiger partial charge on any atom is 0.258 e. The molecule has 22 heavy (non-hydrogen) atoms. The Labute approximate surface area is 133 Å². The number of thiophene rings is 1. The van der Waals surface area contributed by atoms with Crippen LogP contribution in [0.4, 0.5) is 0 Å². The van der Waals surface area contributed by atoms with Crippen LogP contribution >= 0.6 is 11.3 Å². The van der Waals surface area contributed by atoms with Gasteiger partial charge in [-0.2, -0.15) is 0 Å². The van der Waals surface area contributed by atoms with E-state index >= 15 is 0 Å². The van der Waals surface area contributed by atoms with E-state index in [0.29, 0.717) is 30.3 Å². The van der Waals surface area contributed by atoms with Crippen molar-refractivity contribution >= 4 is 17.2 Å². The van der Waals surface area contributed by atoms with E-state index < -0.39 is 0 Å². The van der Waals surface area contributed by atoms with Crippen molar-refractivity contribution in [1.29, 1.82) is 0 Å². The topological polar surface area (TPSA) is 38.8 Å². The summed E-state index contributed by atoms with van der Waals surface area (Å²) in [6.45, 7) is 1.82. The van der Waals surface area contributed by atoms with Crippen molar-refractivity contribution in [2.24, 2.45) is 0 Å². The van der Waals surface area contributed by atoms with E-state index in [1.807, 2.05) is 29.2 Å². The summed E-state index contributed by atoms with van der Waals surface area (Å²) in [6, 6.07) is 9.89. The van der Waals surface area contributed by atoms with Gasteiger partial charge in [-0.15, -0.1) is 11.3 Å². The van der Waals surface area contributed by atoms with Gasteiger partial charge in [0, 0.05) is 11.4 Å². The fourth-order valence-electron chi connectivity index (χ4n) is 3.18. The van der Waals surface area contributed by atoms with Crippen LogP contribution in [0.15, 0.2) is 35.7 Å². The summed E-state index contributed by atoms with van der Waals surface area (Å²) in [5.41, 5.74) is 0.612. The number of amides is 1. The van der Waals surface area contributed by atoms with Crippen molar-refractivity contribution in [3.05, 3.63) is 46.2 Å². The average molecular weight is 315 g/mol. The molecule has 1 aromatic heterocycles. The first kappa shape index (κ1) is 13.6. The van der Waals surface area contributed by atoms with Crippen molar-refractivity contribution in [2.75, 3.05) is 19.8 Å². The molecule has 1 saturated heterocycles. The monoisotopic (exact) mass is 315 g/mol. The number of nitrogens with zero attached hydrogens (tertiary/aromatic N) is 1. The molecular formula is C17H17NO3S. The number of carbonyl (C=O) groups is 1. The van der Waals surface area contributed by atoms with Crippen LogP contribution in [0, 0.1) is 0 Å². The van der Waals surface area contributed by atoms with Gasteiger partial charge in [-0.25, -0.2) is 0 Å². The Morgan fingerprint density at radius 3 is 2.95 bits per heavy atom. The van der Waals surface area contributed by atoms with Gasteiger partial charge in [0.25, 0.3) is 5.91 Å². The van der Waals surface area contributed by atoms with Crippen LogP contribution in [0.1, 0.15) is 34.1 Å². The molecule has 2 aromatic rings. The molecule has 5 heteroatoms. The summed E-state index contributed by atoms with van der Waals surface area (Å²) < 4.78 is 11.3. The van der Waals surface area contributed by atoms with Crippen molar-refractivity contribution < 1.29 is 14.3 Å². The fraction of sp³-hybridized carbons (Fsp3) is 0.353. The minimum Gasteiger partial charge on any atom is -0.486 e. The molecular weight excluding hydrogens is 298 g/mol.